The lowest BCUT2D eigenvalue weighted by atomic mass is 10.1. The van der Waals surface area contributed by atoms with Crippen molar-refractivity contribution in [1.82, 2.24) is 5.43 Å². The van der Waals surface area contributed by atoms with Crippen molar-refractivity contribution in [2.24, 2.45) is 5.84 Å². The van der Waals surface area contributed by atoms with Gasteiger partial charge in [-0.05, 0) is 49.4 Å². The van der Waals surface area contributed by atoms with Crippen LogP contribution in [0.3, 0.4) is 0 Å². The molecule has 1 unspecified atom stereocenters. The van der Waals surface area contributed by atoms with Gasteiger partial charge in [0.2, 0.25) is 0 Å². The van der Waals surface area contributed by atoms with Gasteiger partial charge in [0.05, 0.1) is 12.3 Å². The lowest BCUT2D eigenvalue weighted by Crippen LogP contribution is -2.28. The normalized spacial score (nSPS) is 16.9. The lowest BCUT2D eigenvalue weighted by molar-refractivity contribution is 0.458. The molecule has 0 amide bonds. The van der Waals surface area contributed by atoms with E-state index in [0.29, 0.717) is 0 Å². The Labute approximate surface area is 117 Å². The van der Waals surface area contributed by atoms with Crippen LogP contribution in [-0.4, -0.2) is 0 Å². The van der Waals surface area contributed by atoms with Crippen molar-refractivity contribution in [3.63, 3.8) is 0 Å². The number of nitrogens with two attached hydrogens (primary N) is 1. The largest absolute Gasteiger partial charge is 0.469 e. The van der Waals surface area contributed by atoms with Crippen LogP contribution in [0.2, 0.25) is 0 Å². The Morgan fingerprint density at radius 1 is 1.32 bits per heavy atom. The first-order valence-corrected chi connectivity index (χ1v) is 7.78. The number of furan rings is 1. The van der Waals surface area contributed by atoms with E-state index < -0.39 is 0 Å². The summed E-state index contributed by atoms with van der Waals surface area (Å²) in [6, 6.07) is 6.43. The quantitative estimate of drug-likeness (QED) is 0.511. The van der Waals surface area contributed by atoms with Crippen LogP contribution in [0.15, 0.2) is 28.9 Å². The molecular weight excluding hydrogens is 256 g/mol. The van der Waals surface area contributed by atoms with Gasteiger partial charge in [0.1, 0.15) is 5.76 Å². The molecule has 0 aromatic carbocycles. The minimum Gasteiger partial charge on any atom is -0.469 e. The van der Waals surface area contributed by atoms with Gasteiger partial charge in [-0.2, -0.15) is 0 Å². The number of nitrogens with one attached hydrogen (secondary N) is 1. The van der Waals surface area contributed by atoms with Gasteiger partial charge < -0.3 is 4.42 Å². The molecule has 4 heteroatoms. The van der Waals surface area contributed by atoms with Gasteiger partial charge >= 0.3 is 0 Å². The summed E-state index contributed by atoms with van der Waals surface area (Å²) in [4.78, 5) is 2.90. The number of rotatable bonds is 4. The summed E-state index contributed by atoms with van der Waals surface area (Å²) in [6.45, 7) is 0. The summed E-state index contributed by atoms with van der Waals surface area (Å²) >= 11 is 1.92. The Bertz CT molecular complexity index is 495. The molecule has 1 atom stereocenters. The van der Waals surface area contributed by atoms with E-state index >= 15 is 0 Å². The van der Waals surface area contributed by atoms with Crippen LogP contribution in [0.25, 0.3) is 0 Å². The molecule has 3 N–H and O–H groups in total. The zero-order chi connectivity index (χ0) is 13.1. The average Bonchev–Trinajstić information content (AvgIpc) is 3.02. The Morgan fingerprint density at radius 2 is 2.21 bits per heavy atom. The van der Waals surface area contributed by atoms with Crippen molar-refractivity contribution in [3.8, 4) is 0 Å². The first-order valence-electron chi connectivity index (χ1n) is 6.97. The van der Waals surface area contributed by atoms with Crippen molar-refractivity contribution in [2.75, 3.05) is 0 Å². The van der Waals surface area contributed by atoms with Gasteiger partial charge in [-0.1, -0.05) is 6.42 Å². The molecule has 19 heavy (non-hydrogen) atoms. The molecule has 0 aliphatic heterocycles. The molecule has 0 radical (unpaired) electrons. The van der Waals surface area contributed by atoms with E-state index in [1.54, 1.807) is 11.1 Å². The van der Waals surface area contributed by atoms with Crippen molar-refractivity contribution < 1.29 is 4.42 Å². The van der Waals surface area contributed by atoms with Crippen LogP contribution >= 0.6 is 11.3 Å². The molecule has 3 rings (SSSR count). The van der Waals surface area contributed by atoms with Crippen LogP contribution in [0.1, 0.15) is 46.4 Å². The highest BCUT2D eigenvalue weighted by atomic mass is 32.1. The summed E-state index contributed by atoms with van der Waals surface area (Å²) in [5.74, 6) is 6.70. The number of hydrazine groups is 1. The van der Waals surface area contributed by atoms with Gasteiger partial charge in [0.15, 0.2) is 0 Å². The maximum Gasteiger partial charge on any atom is 0.105 e. The minimum atomic E-state index is 0.156. The van der Waals surface area contributed by atoms with E-state index in [-0.39, 0.29) is 6.04 Å². The standard InChI is InChI=1S/C15H20N2OS/c16-17-13(10-12-6-4-8-18-12)15-9-11-5-2-1-3-7-14(11)19-15/h4,6,8-9,13,17H,1-3,5,7,10,16H2. The average molecular weight is 276 g/mol. The molecule has 2 heterocycles. The fourth-order valence-corrected chi connectivity index (χ4v) is 4.05. The molecule has 0 spiro atoms. The van der Waals surface area contributed by atoms with Gasteiger partial charge in [0, 0.05) is 16.2 Å². The summed E-state index contributed by atoms with van der Waals surface area (Å²) in [7, 11) is 0. The Morgan fingerprint density at radius 3 is 3.00 bits per heavy atom. The highest BCUT2D eigenvalue weighted by molar-refractivity contribution is 7.12. The maximum absolute atomic E-state index is 5.73. The molecule has 102 valence electrons. The molecule has 0 fully saturated rings. The topological polar surface area (TPSA) is 51.2 Å². The zero-order valence-corrected chi connectivity index (χ0v) is 11.8. The summed E-state index contributed by atoms with van der Waals surface area (Å²) in [5.41, 5.74) is 4.47. The zero-order valence-electron chi connectivity index (χ0n) is 11.0. The third kappa shape index (κ3) is 2.91. The van der Waals surface area contributed by atoms with Gasteiger partial charge in [0.25, 0.3) is 0 Å². The van der Waals surface area contributed by atoms with Crippen molar-refractivity contribution in [1.29, 1.82) is 0 Å². The highest BCUT2D eigenvalue weighted by Crippen LogP contribution is 2.33. The molecule has 2 aromatic rings. The van der Waals surface area contributed by atoms with Crippen LogP contribution in [0.5, 0.6) is 0 Å². The fourth-order valence-electron chi connectivity index (χ4n) is 2.73. The van der Waals surface area contributed by atoms with E-state index in [9.17, 15) is 0 Å². The SMILES string of the molecule is NNC(Cc1ccco1)c1cc2c(s1)CCCCC2. The lowest BCUT2D eigenvalue weighted by Gasteiger charge is -2.12. The van der Waals surface area contributed by atoms with E-state index in [2.05, 4.69) is 11.5 Å². The third-order valence-electron chi connectivity index (χ3n) is 3.80. The smallest absolute Gasteiger partial charge is 0.105 e. The van der Waals surface area contributed by atoms with E-state index in [1.807, 2.05) is 23.5 Å². The second-order valence-electron chi connectivity index (χ2n) is 5.16. The number of hydrogen-bond donors (Lipinski definition) is 2. The molecule has 2 aromatic heterocycles. The molecular formula is C15H20N2OS. The highest BCUT2D eigenvalue weighted by Gasteiger charge is 2.18. The first-order chi connectivity index (χ1) is 9.36. The summed E-state index contributed by atoms with van der Waals surface area (Å²) in [5, 5.41) is 0. The number of thiophene rings is 1. The molecule has 0 saturated heterocycles. The monoisotopic (exact) mass is 276 g/mol. The van der Waals surface area contributed by atoms with E-state index in [4.69, 9.17) is 10.3 Å². The predicted octanol–water partition coefficient (Wildman–Crippen LogP) is 3.36. The van der Waals surface area contributed by atoms with Crippen molar-refractivity contribution >= 4 is 11.3 Å². The summed E-state index contributed by atoms with van der Waals surface area (Å²) in [6.07, 6.45) is 8.99. The maximum atomic E-state index is 5.73. The first kappa shape index (κ1) is 12.9. The summed E-state index contributed by atoms with van der Waals surface area (Å²) < 4.78 is 5.42. The molecule has 3 nitrogen and oxygen atoms in total. The molecule has 0 saturated carbocycles. The van der Waals surface area contributed by atoms with Gasteiger partial charge in [-0.15, -0.1) is 11.3 Å². The van der Waals surface area contributed by atoms with Crippen LogP contribution < -0.4 is 11.3 Å². The van der Waals surface area contributed by atoms with Gasteiger partial charge in [-0.3, -0.25) is 11.3 Å². The van der Waals surface area contributed by atoms with Crippen LogP contribution in [0, 0.1) is 0 Å². The Kier molecular flexibility index (Phi) is 4.01. The minimum absolute atomic E-state index is 0.156. The Balaban J connectivity index is 1.79. The van der Waals surface area contributed by atoms with E-state index in [1.165, 1.54) is 42.5 Å². The molecule has 0 bridgehead atoms. The van der Waals surface area contributed by atoms with Crippen LogP contribution in [0.4, 0.5) is 0 Å². The van der Waals surface area contributed by atoms with Crippen LogP contribution in [-0.2, 0) is 19.3 Å². The predicted molar refractivity (Wildman–Crippen MR) is 78.1 cm³/mol. The fraction of sp³-hybridized carbons (Fsp3) is 0.467. The third-order valence-corrected chi connectivity index (χ3v) is 5.15. The van der Waals surface area contributed by atoms with Gasteiger partial charge in [-0.25, -0.2) is 0 Å². The second kappa shape index (κ2) is 5.90. The van der Waals surface area contributed by atoms with Crippen molar-refractivity contribution in [2.45, 2.75) is 44.6 Å². The number of hydrogen-bond acceptors (Lipinski definition) is 4. The Hall–Kier alpha value is -1.10. The molecule has 1 aliphatic carbocycles. The second-order valence-corrected chi connectivity index (χ2v) is 6.33. The molecule has 1 aliphatic rings. The number of aryl methyl sites for hydroxylation is 2. The number of fused-ring (bicyclic) bond motifs is 1. The van der Waals surface area contributed by atoms with Crippen molar-refractivity contribution in [3.05, 3.63) is 45.5 Å². The van der Waals surface area contributed by atoms with E-state index in [0.717, 1.165) is 12.2 Å².